The van der Waals surface area contributed by atoms with Crippen molar-refractivity contribution in [3.05, 3.63) is 57.5 Å². The zero-order valence-electron chi connectivity index (χ0n) is 11.5. The molecule has 0 fully saturated rings. The maximum Gasteiger partial charge on any atom is 0.197 e. The Bertz CT molecular complexity index is 592. The van der Waals surface area contributed by atoms with Crippen molar-refractivity contribution in [3.8, 4) is 0 Å². The molecule has 0 N–H and O–H groups in total. The second-order valence-corrected chi connectivity index (χ2v) is 4.85. The van der Waals surface area contributed by atoms with Gasteiger partial charge in [-0.25, -0.2) is 0 Å². The summed E-state index contributed by atoms with van der Waals surface area (Å²) in [6, 6.07) is 3.87. The first-order valence-corrected chi connectivity index (χ1v) is 6.09. The van der Waals surface area contributed by atoms with Crippen molar-refractivity contribution in [2.75, 3.05) is 0 Å². The molecule has 0 saturated heterocycles. The quantitative estimate of drug-likeness (QED) is 0.743. The van der Waals surface area contributed by atoms with E-state index in [2.05, 4.69) is 6.07 Å². The van der Waals surface area contributed by atoms with E-state index in [-0.39, 0.29) is 5.78 Å². The van der Waals surface area contributed by atoms with Crippen LogP contribution in [0.5, 0.6) is 0 Å². The molecular formula is C16H18O2. The van der Waals surface area contributed by atoms with Gasteiger partial charge < -0.3 is 4.42 Å². The molecule has 0 saturated carbocycles. The first-order valence-electron chi connectivity index (χ1n) is 6.09. The van der Waals surface area contributed by atoms with E-state index in [0.29, 0.717) is 11.3 Å². The Morgan fingerprint density at radius 3 is 2.00 bits per heavy atom. The summed E-state index contributed by atoms with van der Waals surface area (Å²) in [5.41, 5.74) is 5.90. The van der Waals surface area contributed by atoms with E-state index >= 15 is 0 Å². The summed E-state index contributed by atoms with van der Waals surface area (Å²) in [6.07, 6.45) is 1.57. The first kappa shape index (κ1) is 12.6. The number of hydrogen-bond donors (Lipinski definition) is 0. The van der Waals surface area contributed by atoms with E-state index in [1.165, 1.54) is 0 Å². The minimum Gasteiger partial charge on any atom is -0.469 e. The lowest BCUT2D eigenvalue weighted by molar-refractivity contribution is 0.103. The van der Waals surface area contributed by atoms with Crippen LogP contribution in [0.15, 0.2) is 22.8 Å². The van der Waals surface area contributed by atoms with Crippen LogP contribution in [0.4, 0.5) is 0 Å². The maximum absolute atomic E-state index is 12.6. The van der Waals surface area contributed by atoms with Crippen molar-refractivity contribution in [2.24, 2.45) is 0 Å². The number of hydrogen-bond acceptors (Lipinski definition) is 2. The minimum absolute atomic E-state index is 0.0584. The normalized spacial score (nSPS) is 10.7. The van der Waals surface area contributed by atoms with Crippen LogP contribution in [-0.4, -0.2) is 5.78 Å². The number of benzene rings is 1. The van der Waals surface area contributed by atoms with E-state index < -0.39 is 0 Å². The molecule has 0 aliphatic rings. The molecule has 0 bridgehead atoms. The molecule has 2 rings (SSSR count). The van der Waals surface area contributed by atoms with Crippen LogP contribution < -0.4 is 0 Å². The van der Waals surface area contributed by atoms with Crippen molar-refractivity contribution < 1.29 is 9.21 Å². The molecule has 18 heavy (non-hydrogen) atoms. The van der Waals surface area contributed by atoms with Gasteiger partial charge in [0.15, 0.2) is 5.78 Å². The Balaban J connectivity index is 2.66. The van der Waals surface area contributed by atoms with Crippen LogP contribution in [0.2, 0.25) is 0 Å². The highest BCUT2D eigenvalue weighted by Gasteiger charge is 2.20. The SMILES string of the molecule is Cc1cc(C)c(C)c(C(=O)c2ccoc2C)c1C. The highest BCUT2D eigenvalue weighted by atomic mass is 16.3. The molecule has 0 spiro atoms. The first-order chi connectivity index (χ1) is 8.43. The van der Waals surface area contributed by atoms with E-state index in [9.17, 15) is 4.79 Å². The van der Waals surface area contributed by atoms with E-state index in [1.807, 2.05) is 34.6 Å². The number of carbonyl (C=O) groups is 1. The largest absolute Gasteiger partial charge is 0.469 e. The molecule has 2 aromatic rings. The van der Waals surface area contributed by atoms with Crippen LogP contribution in [0.3, 0.4) is 0 Å². The number of ketones is 1. The highest BCUT2D eigenvalue weighted by molar-refractivity contribution is 6.11. The zero-order chi connectivity index (χ0) is 13.4. The Morgan fingerprint density at radius 2 is 1.56 bits per heavy atom. The predicted molar refractivity (Wildman–Crippen MR) is 72.3 cm³/mol. The van der Waals surface area contributed by atoms with Crippen LogP contribution in [-0.2, 0) is 0 Å². The molecule has 1 heterocycles. The molecule has 2 heteroatoms. The summed E-state index contributed by atoms with van der Waals surface area (Å²) < 4.78 is 5.23. The van der Waals surface area contributed by atoms with Gasteiger partial charge in [-0.2, -0.15) is 0 Å². The van der Waals surface area contributed by atoms with Gasteiger partial charge in [0.1, 0.15) is 5.76 Å². The minimum atomic E-state index is 0.0584. The molecule has 0 amide bonds. The Kier molecular flexibility index (Phi) is 3.12. The molecule has 2 nitrogen and oxygen atoms in total. The summed E-state index contributed by atoms with van der Waals surface area (Å²) in [5.74, 6) is 0.737. The number of rotatable bonds is 2. The summed E-state index contributed by atoms with van der Waals surface area (Å²) in [6.45, 7) is 9.91. The lowest BCUT2D eigenvalue weighted by Gasteiger charge is -2.14. The second kappa shape index (κ2) is 4.45. The fourth-order valence-corrected chi connectivity index (χ4v) is 2.31. The standard InChI is InChI=1S/C16H18O2/c1-9-8-10(2)12(4)15(11(9)3)16(17)14-6-7-18-13(14)5/h6-8H,1-5H3. The van der Waals surface area contributed by atoms with Crippen molar-refractivity contribution in [1.82, 2.24) is 0 Å². The van der Waals surface area contributed by atoms with Crippen molar-refractivity contribution in [1.29, 1.82) is 0 Å². The van der Waals surface area contributed by atoms with Crippen LogP contribution in [0.25, 0.3) is 0 Å². The van der Waals surface area contributed by atoms with Gasteiger partial charge in [0.25, 0.3) is 0 Å². The maximum atomic E-state index is 12.6. The van der Waals surface area contributed by atoms with Crippen LogP contribution in [0.1, 0.15) is 43.9 Å². The van der Waals surface area contributed by atoms with E-state index in [0.717, 1.165) is 27.8 Å². The topological polar surface area (TPSA) is 30.2 Å². The molecule has 0 aliphatic heterocycles. The average Bonchev–Trinajstić information content (AvgIpc) is 2.73. The van der Waals surface area contributed by atoms with E-state index in [1.54, 1.807) is 12.3 Å². The third-order valence-electron chi connectivity index (χ3n) is 3.70. The fourth-order valence-electron chi connectivity index (χ4n) is 2.31. The van der Waals surface area contributed by atoms with Crippen molar-refractivity contribution in [2.45, 2.75) is 34.6 Å². The number of aryl methyl sites for hydroxylation is 3. The molecule has 94 valence electrons. The molecule has 1 aromatic heterocycles. The monoisotopic (exact) mass is 242 g/mol. The van der Waals surface area contributed by atoms with Gasteiger partial charge in [0, 0.05) is 5.56 Å². The van der Waals surface area contributed by atoms with Gasteiger partial charge in [-0.3, -0.25) is 4.79 Å². The molecular weight excluding hydrogens is 224 g/mol. The van der Waals surface area contributed by atoms with Gasteiger partial charge >= 0.3 is 0 Å². The number of carbonyl (C=O) groups excluding carboxylic acids is 1. The zero-order valence-corrected chi connectivity index (χ0v) is 11.5. The third-order valence-corrected chi connectivity index (χ3v) is 3.70. The summed E-state index contributed by atoms with van der Waals surface area (Å²) >= 11 is 0. The van der Waals surface area contributed by atoms with Crippen LogP contribution >= 0.6 is 0 Å². The van der Waals surface area contributed by atoms with Crippen LogP contribution in [0, 0.1) is 34.6 Å². The molecule has 0 unspecified atom stereocenters. The van der Waals surface area contributed by atoms with E-state index in [4.69, 9.17) is 4.42 Å². The lowest BCUT2D eigenvalue weighted by Crippen LogP contribution is -2.09. The van der Waals surface area contributed by atoms with Gasteiger partial charge in [-0.15, -0.1) is 0 Å². The smallest absolute Gasteiger partial charge is 0.197 e. The van der Waals surface area contributed by atoms with Gasteiger partial charge in [0.05, 0.1) is 11.8 Å². The fraction of sp³-hybridized carbons (Fsp3) is 0.312. The predicted octanol–water partition coefficient (Wildman–Crippen LogP) is 4.05. The van der Waals surface area contributed by atoms with Crippen molar-refractivity contribution >= 4 is 5.78 Å². The molecule has 0 aliphatic carbocycles. The third kappa shape index (κ3) is 1.88. The average molecular weight is 242 g/mol. The summed E-state index contributed by atoms with van der Waals surface area (Å²) in [5, 5.41) is 0. The highest BCUT2D eigenvalue weighted by Crippen LogP contribution is 2.25. The molecule has 0 radical (unpaired) electrons. The van der Waals surface area contributed by atoms with Gasteiger partial charge in [0.2, 0.25) is 0 Å². The number of furan rings is 1. The Morgan fingerprint density at radius 1 is 1.00 bits per heavy atom. The van der Waals surface area contributed by atoms with Gasteiger partial charge in [-0.1, -0.05) is 6.07 Å². The second-order valence-electron chi connectivity index (χ2n) is 4.85. The molecule has 1 aromatic carbocycles. The van der Waals surface area contributed by atoms with Gasteiger partial charge in [-0.05, 0) is 62.9 Å². The lowest BCUT2D eigenvalue weighted by atomic mass is 9.89. The van der Waals surface area contributed by atoms with Crippen molar-refractivity contribution in [3.63, 3.8) is 0 Å². The Hall–Kier alpha value is -1.83. The molecule has 0 atom stereocenters. The summed E-state index contributed by atoms with van der Waals surface area (Å²) in [7, 11) is 0. The Labute approximate surface area is 108 Å². The summed E-state index contributed by atoms with van der Waals surface area (Å²) in [4.78, 5) is 12.6.